The molecule has 3 rings (SSSR count). The maximum absolute atomic E-state index is 6.50. The van der Waals surface area contributed by atoms with Crippen LogP contribution in [0, 0.1) is 0 Å². The largest absolute Gasteiger partial charge is 0.367 e. The van der Waals surface area contributed by atoms with Crippen molar-refractivity contribution in [2.45, 2.75) is 12.1 Å². The lowest BCUT2D eigenvalue weighted by atomic mass is 9.85. The normalized spacial score (nSPS) is 13.7. The number of ether oxygens (including phenoxy) is 1. The fourth-order valence-electron chi connectivity index (χ4n) is 2.80. The van der Waals surface area contributed by atoms with Crippen molar-refractivity contribution in [3.63, 3.8) is 0 Å². The first-order valence-electron chi connectivity index (χ1n) is 7.27. The Morgan fingerprint density at radius 1 is 1.04 bits per heavy atom. The first-order chi connectivity index (χ1) is 11.5. The summed E-state index contributed by atoms with van der Waals surface area (Å²) in [6.45, 7) is 0.506. The van der Waals surface area contributed by atoms with E-state index in [1.165, 1.54) is 0 Å². The minimum absolute atomic E-state index is 0.506. The van der Waals surface area contributed by atoms with E-state index in [1.54, 1.807) is 31.8 Å². The second-order valence-corrected chi connectivity index (χ2v) is 6.68. The molecular formula is C18H15Cl3N2O. The van der Waals surface area contributed by atoms with E-state index in [2.05, 4.69) is 4.98 Å². The lowest BCUT2D eigenvalue weighted by Gasteiger charge is -2.34. The van der Waals surface area contributed by atoms with Crippen molar-refractivity contribution in [1.82, 2.24) is 9.55 Å². The highest BCUT2D eigenvalue weighted by Gasteiger charge is 2.37. The Morgan fingerprint density at radius 2 is 1.75 bits per heavy atom. The van der Waals surface area contributed by atoms with Crippen molar-refractivity contribution < 1.29 is 4.74 Å². The zero-order valence-electron chi connectivity index (χ0n) is 12.9. The summed E-state index contributed by atoms with van der Waals surface area (Å²) in [5.74, 6) is 0. The Balaban J connectivity index is 2.19. The smallest absolute Gasteiger partial charge is 0.137 e. The van der Waals surface area contributed by atoms with Gasteiger partial charge in [-0.1, -0.05) is 53.0 Å². The molecule has 1 atom stereocenters. The Bertz CT molecular complexity index is 819. The van der Waals surface area contributed by atoms with E-state index in [4.69, 9.17) is 39.5 Å². The number of aromatic nitrogens is 2. The molecule has 124 valence electrons. The third kappa shape index (κ3) is 3.31. The molecule has 0 aliphatic carbocycles. The van der Waals surface area contributed by atoms with Crippen molar-refractivity contribution in [1.29, 1.82) is 0 Å². The average molecular weight is 382 g/mol. The van der Waals surface area contributed by atoms with Crippen molar-refractivity contribution in [3.05, 3.63) is 87.4 Å². The molecule has 1 unspecified atom stereocenters. The average Bonchev–Trinajstić information content (AvgIpc) is 3.07. The molecule has 0 aliphatic heterocycles. The maximum atomic E-state index is 6.50. The van der Waals surface area contributed by atoms with Gasteiger partial charge in [0, 0.05) is 40.1 Å². The number of benzene rings is 2. The van der Waals surface area contributed by atoms with E-state index in [0.717, 1.165) is 11.1 Å². The molecule has 0 spiro atoms. The predicted molar refractivity (Wildman–Crippen MR) is 97.9 cm³/mol. The van der Waals surface area contributed by atoms with Crippen LogP contribution in [0.5, 0.6) is 0 Å². The van der Waals surface area contributed by atoms with Crippen molar-refractivity contribution in [3.8, 4) is 0 Å². The summed E-state index contributed by atoms with van der Waals surface area (Å²) in [5, 5.41) is 1.78. The Hall–Kier alpha value is -1.52. The van der Waals surface area contributed by atoms with Gasteiger partial charge in [-0.25, -0.2) is 4.98 Å². The van der Waals surface area contributed by atoms with Crippen LogP contribution in [0.1, 0.15) is 11.1 Å². The van der Waals surface area contributed by atoms with Gasteiger partial charge in [-0.3, -0.25) is 0 Å². The van der Waals surface area contributed by atoms with Crippen molar-refractivity contribution >= 4 is 34.8 Å². The molecule has 0 saturated heterocycles. The summed E-state index contributed by atoms with van der Waals surface area (Å²) in [4.78, 5) is 4.11. The summed E-state index contributed by atoms with van der Waals surface area (Å²) < 4.78 is 7.97. The van der Waals surface area contributed by atoms with Crippen molar-refractivity contribution in [2.24, 2.45) is 0 Å². The minimum Gasteiger partial charge on any atom is -0.367 e. The summed E-state index contributed by atoms with van der Waals surface area (Å²) in [6, 6.07) is 13.0. The number of imidazole rings is 1. The summed E-state index contributed by atoms with van der Waals surface area (Å²) >= 11 is 18.6. The van der Waals surface area contributed by atoms with Gasteiger partial charge in [0.05, 0.1) is 12.9 Å². The Kier molecular flexibility index (Phi) is 5.16. The van der Waals surface area contributed by atoms with Crippen LogP contribution in [-0.2, 0) is 16.9 Å². The minimum atomic E-state index is -0.799. The van der Waals surface area contributed by atoms with Crippen LogP contribution >= 0.6 is 34.8 Å². The SMILES string of the molecule is COC(Cn1ccnc1)(c1ccc(Cl)cc1)c1ccc(Cl)cc1Cl. The standard InChI is InChI=1S/C18H15Cl3N2O/c1-24-18(11-23-9-8-22-12-23,13-2-4-14(19)5-3-13)16-7-6-15(20)10-17(16)21/h2-10,12H,11H2,1H3. The molecule has 3 nitrogen and oxygen atoms in total. The van der Waals surface area contributed by atoms with E-state index < -0.39 is 5.60 Å². The zero-order valence-corrected chi connectivity index (χ0v) is 15.2. The highest BCUT2D eigenvalue weighted by Crippen LogP contribution is 2.40. The first-order valence-corrected chi connectivity index (χ1v) is 8.41. The predicted octanol–water partition coefficient (Wildman–Crippen LogP) is 5.43. The highest BCUT2D eigenvalue weighted by atomic mass is 35.5. The number of hydrogen-bond acceptors (Lipinski definition) is 2. The fraction of sp³-hybridized carbons (Fsp3) is 0.167. The molecule has 3 aromatic rings. The van der Waals surface area contributed by atoms with Gasteiger partial charge in [-0.15, -0.1) is 0 Å². The monoisotopic (exact) mass is 380 g/mol. The van der Waals surface area contributed by atoms with Crippen LogP contribution in [0.25, 0.3) is 0 Å². The molecule has 0 bridgehead atoms. The van der Waals surface area contributed by atoms with Gasteiger partial charge in [0.1, 0.15) is 5.60 Å². The lowest BCUT2D eigenvalue weighted by molar-refractivity contribution is 0.00696. The molecule has 1 aromatic heterocycles. The van der Waals surface area contributed by atoms with E-state index in [0.29, 0.717) is 21.6 Å². The van der Waals surface area contributed by atoms with Gasteiger partial charge >= 0.3 is 0 Å². The zero-order chi connectivity index (χ0) is 17.2. The van der Waals surface area contributed by atoms with Crippen LogP contribution < -0.4 is 0 Å². The Labute approximate surface area is 155 Å². The van der Waals surface area contributed by atoms with E-state index in [-0.39, 0.29) is 0 Å². The lowest BCUT2D eigenvalue weighted by Crippen LogP contribution is -2.35. The van der Waals surface area contributed by atoms with Gasteiger partial charge < -0.3 is 9.30 Å². The molecule has 0 amide bonds. The quantitative estimate of drug-likeness (QED) is 0.589. The van der Waals surface area contributed by atoms with E-state index >= 15 is 0 Å². The van der Waals surface area contributed by atoms with E-state index in [1.807, 2.05) is 41.1 Å². The highest BCUT2D eigenvalue weighted by molar-refractivity contribution is 6.35. The number of rotatable bonds is 5. The molecule has 0 N–H and O–H groups in total. The molecule has 0 radical (unpaired) electrons. The topological polar surface area (TPSA) is 27.1 Å². The van der Waals surface area contributed by atoms with Crippen LogP contribution in [0.3, 0.4) is 0 Å². The molecule has 24 heavy (non-hydrogen) atoms. The fourth-order valence-corrected chi connectivity index (χ4v) is 3.48. The van der Waals surface area contributed by atoms with Gasteiger partial charge in [-0.2, -0.15) is 0 Å². The molecule has 1 heterocycles. The molecular weight excluding hydrogens is 367 g/mol. The third-order valence-electron chi connectivity index (χ3n) is 3.99. The summed E-state index contributed by atoms with van der Waals surface area (Å²) in [5.41, 5.74) is 0.965. The molecule has 0 fully saturated rings. The van der Waals surface area contributed by atoms with Crippen LogP contribution in [0.2, 0.25) is 15.1 Å². The van der Waals surface area contributed by atoms with Gasteiger partial charge in [0.25, 0.3) is 0 Å². The summed E-state index contributed by atoms with van der Waals surface area (Å²) in [7, 11) is 1.66. The van der Waals surface area contributed by atoms with Gasteiger partial charge in [0.15, 0.2) is 0 Å². The first kappa shape index (κ1) is 17.3. The van der Waals surface area contributed by atoms with E-state index in [9.17, 15) is 0 Å². The third-order valence-corrected chi connectivity index (χ3v) is 4.79. The van der Waals surface area contributed by atoms with Crippen LogP contribution in [0.15, 0.2) is 61.2 Å². The Morgan fingerprint density at radius 3 is 2.33 bits per heavy atom. The molecule has 0 saturated carbocycles. The summed E-state index contributed by atoms with van der Waals surface area (Å²) in [6.07, 6.45) is 5.35. The van der Waals surface area contributed by atoms with Crippen LogP contribution in [0.4, 0.5) is 0 Å². The molecule has 2 aromatic carbocycles. The second kappa shape index (κ2) is 7.16. The molecule has 6 heteroatoms. The second-order valence-electron chi connectivity index (χ2n) is 5.40. The van der Waals surface area contributed by atoms with Gasteiger partial charge in [0.2, 0.25) is 0 Å². The van der Waals surface area contributed by atoms with Gasteiger partial charge in [-0.05, 0) is 29.8 Å². The molecule has 0 aliphatic rings. The number of nitrogens with zero attached hydrogens (tertiary/aromatic N) is 2. The number of hydrogen-bond donors (Lipinski definition) is 0. The number of halogens is 3. The van der Waals surface area contributed by atoms with Crippen LogP contribution in [-0.4, -0.2) is 16.7 Å². The van der Waals surface area contributed by atoms with Crippen molar-refractivity contribution in [2.75, 3.05) is 7.11 Å². The number of methoxy groups -OCH3 is 1. The maximum Gasteiger partial charge on any atom is 0.137 e.